The van der Waals surface area contributed by atoms with E-state index in [-0.39, 0.29) is 41.0 Å². The van der Waals surface area contributed by atoms with E-state index < -0.39 is 5.91 Å². The molecule has 6 N–H and O–H groups in total. The van der Waals surface area contributed by atoms with E-state index in [1.165, 1.54) is 0 Å². The van der Waals surface area contributed by atoms with Gasteiger partial charge in [0.05, 0.1) is 11.3 Å². The molecule has 8 rings (SSSR count). The first kappa shape index (κ1) is 40.0. The lowest BCUT2D eigenvalue weighted by Gasteiger charge is -2.45. The number of nitrogens with zero attached hydrogens (tertiary/aromatic N) is 4. The maximum atomic E-state index is 13.6. The van der Waals surface area contributed by atoms with Crippen molar-refractivity contribution in [3.8, 4) is 11.5 Å². The molecule has 4 fully saturated rings. The minimum Gasteiger partial charge on any atom is -0.457 e. The average Bonchev–Trinajstić information content (AvgIpc) is 3.23. The Labute approximate surface area is 345 Å². The van der Waals surface area contributed by atoms with Crippen LogP contribution in [0.5, 0.6) is 11.5 Å². The van der Waals surface area contributed by atoms with Crippen LogP contribution in [-0.2, 0) is 20.8 Å². The SMILES string of the molecule is CN(CC1CCN(C(=O)c2cnc3c(c2)CCC(=O)N3)CC1)C1CC(C(=O)N2CCC([C@@H]3CCN/C(=C(/C(=N)c4ccc(Oc5ccccc5)cc4)C(N)=O)N3)CC2)C1. The zero-order valence-electron chi connectivity index (χ0n) is 33.8. The highest BCUT2D eigenvalue weighted by Gasteiger charge is 2.41. The molecule has 1 saturated carbocycles. The Kier molecular flexibility index (Phi) is 12.0. The third-order valence-electron chi connectivity index (χ3n) is 13.0. The second-order valence-corrected chi connectivity index (χ2v) is 16.8. The van der Waals surface area contributed by atoms with Gasteiger partial charge in [0, 0.05) is 75.5 Å². The molecule has 14 heteroatoms. The molecular formula is C45H55N9O5. The summed E-state index contributed by atoms with van der Waals surface area (Å²) >= 11 is 0. The third-order valence-corrected chi connectivity index (χ3v) is 13.0. The van der Waals surface area contributed by atoms with E-state index in [2.05, 4.69) is 32.9 Å². The van der Waals surface area contributed by atoms with Crippen molar-refractivity contribution in [3.63, 3.8) is 0 Å². The summed E-state index contributed by atoms with van der Waals surface area (Å²) < 4.78 is 5.89. The van der Waals surface area contributed by atoms with Gasteiger partial charge in [0.25, 0.3) is 11.8 Å². The molecule has 1 aliphatic carbocycles. The van der Waals surface area contributed by atoms with Crippen molar-refractivity contribution in [2.24, 2.45) is 23.5 Å². The fraction of sp³-hybridized carbons (Fsp3) is 0.467. The number of amides is 4. The number of likely N-dealkylation sites (tertiary alicyclic amines) is 2. The summed E-state index contributed by atoms with van der Waals surface area (Å²) in [5.74, 6) is 2.85. The molecule has 1 aromatic heterocycles. The molecule has 2 aromatic carbocycles. The van der Waals surface area contributed by atoms with Crippen LogP contribution in [0.15, 0.2) is 78.3 Å². The van der Waals surface area contributed by atoms with Gasteiger partial charge in [0.15, 0.2) is 0 Å². The van der Waals surface area contributed by atoms with Gasteiger partial charge >= 0.3 is 0 Å². The molecule has 3 saturated heterocycles. The Morgan fingerprint density at radius 1 is 0.898 bits per heavy atom. The Bertz CT molecular complexity index is 2090. The number of para-hydroxylation sites is 1. The number of carbonyl (C=O) groups excluding carboxylic acids is 4. The van der Waals surface area contributed by atoms with Crippen molar-refractivity contribution in [1.29, 1.82) is 5.41 Å². The minimum absolute atomic E-state index is 0.00422. The molecule has 0 spiro atoms. The van der Waals surface area contributed by atoms with E-state index >= 15 is 0 Å². The summed E-state index contributed by atoms with van der Waals surface area (Å²) in [4.78, 5) is 62.0. The monoisotopic (exact) mass is 801 g/mol. The Morgan fingerprint density at radius 2 is 1.59 bits per heavy atom. The number of aryl methyl sites for hydroxylation is 1. The second kappa shape index (κ2) is 17.6. The van der Waals surface area contributed by atoms with Crippen molar-refractivity contribution in [1.82, 2.24) is 30.3 Å². The molecule has 1 atom stereocenters. The minimum atomic E-state index is -0.670. The number of hydrogen-bond donors (Lipinski definition) is 5. The number of ether oxygens (including phenoxy) is 1. The Hall–Kier alpha value is -5.76. The van der Waals surface area contributed by atoms with Crippen molar-refractivity contribution in [2.75, 3.05) is 51.6 Å². The van der Waals surface area contributed by atoms with Crippen LogP contribution in [0.25, 0.3) is 0 Å². The maximum absolute atomic E-state index is 13.6. The van der Waals surface area contributed by atoms with Crippen LogP contribution in [0.4, 0.5) is 5.82 Å². The number of benzene rings is 2. The van der Waals surface area contributed by atoms with Gasteiger partial charge in [-0.2, -0.15) is 0 Å². The topological polar surface area (TPSA) is 186 Å². The van der Waals surface area contributed by atoms with E-state index in [4.69, 9.17) is 15.9 Å². The normalized spacial score (nSPS) is 23.2. The van der Waals surface area contributed by atoms with Crippen LogP contribution in [0, 0.1) is 23.2 Å². The lowest BCUT2D eigenvalue weighted by atomic mass is 9.77. The molecule has 5 heterocycles. The molecule has 4 aliphatic heterocycles. The summed E-state index contributed by atoms with van der Waals surface area (Å²) in [6, 6.07) is 18.9. The standard InChI is InChI=1S/C45H55N9O5/c1-52(27-28-14-19-53(20-15-28)45(58)33-23-31-9-12-38(55)51-42(31)49-26-33)34-24-32(25-34)44(57)54-21-16-29(17-22-54)37-13-18-48-43(50-37)39(41(47)56)40(46)30-7-10-36(11-8-30)59-35-5-3-2-4-6-35/h2-8,10-11,23,26,28-29,32,34,37,46,48,50H,9,12-22,24-25,27H2,1H3,(H2,47,56)(H,49,51,55)/b43-39+,46-40?/t32?,34?,37-/m0/s1. The molecule has 4 amide bonds. The smallest absolute Gasteiger partial charge is 0.255 e. The van der Waals surface area contributed by atoms with Gasteiger partial charge in [-0.25, -0.2) is 4.98 Å². The molecule has 5 aliphatic rings. The molecular weight excluding hydrogens is 747 g/mol. The van der Waals surface area contributed by atoms with E-state index in [9.17, 15) is 19.2 Å². The Morgan fingerprint density at radius 3 is 2.31 bits per heavy atom. The summed E-state index contributed by atoms with van der Waals surface area (Å²) in [6.45, 7) is 4.49. The zero-order valence-corrected chi connectivity index (χ0v) is 33.8. The number of nitrogens with two attached hydrogens (primary N) is 1. The number of hydrogen-bond acceptors (Lipinski definition) is 10. The number of anilines is 1. The van der Waals surface area contributed by atoms with E-state index in [1.54, 1.807) is 30.5 Å². The van der Waals surface area contributed by atoms with Gasteiger partial charge in [-0.1, -0.05) is 18.2 Å². The fourth-order valence-electron chi connectivity index (χ4n) is 9.37. The van der Waals surface area contributed by atoms with Crippen molar-refractivity contribution >= 4 is 35.2 Å². The first-order valence-electron chi connectivity index (χ1n) is 21.1. The lowest BCUT2D eigenvalue weighted by Crippen LogP contribution is -2.54. The van der Waals surface area contributed by atoms with E-state index in [0.717, 1.165) is 70.1 Å². The Balaban J connectivity index is 0.768. The van der Waals surface area contributed by atoms with E-state index in [0.29, 0.717) is 84.6 Å². The largest absolute Gasteiger partial charge is 0.457 e. The van der Waals surface area contributed by atoms with Crippen LogP contribution in [0.1, 0.15) is 72.9 Å². The highest BCUT2D eigenvalue weighted by atomic mass is 16.5. The van der Waals surface area contributed by atoms with Gasteiger partial charge in [-0.3, -0.25) is 24.6 Å². The van der Waals surface area contributed by atoms with Gasteiger partial charge in [0.2, 0.25) is 11.8 Å². The molecule has 0 radical (unpaired) electrons. The molecule has 3 aromatic rings. The van der Waals surface area contributed by atoms with Crippen molar-refractivity contribution < 1.29 is 23.9 Å². The van der Waals surface area contributed by atoms with Gasteiger partial charge in [-0.15, -0.1) is 0 Å². The molecule has 59 heavy (non-hydrogen) atoms. The predicted molar refractivity (Wildman–Crippen MR) is 224 cm³/mol. The lowest BCUT2D eigenvalue weighted by molar-refractivity contribution is -0.142. The maximum Gasteiger partial charge on any atom is 0.255 e. The number of pyridine rings is 1. The van der Waals surface area contributed by atoms with Crippen LogP contribution in [0.3, 0.4) is 0 Å². The summed E-state index contributed by atoms with van der Waals surface area (Å²) in [5, 5.41) is 18.5. The zero-order chi connectivity index (χ0) is 41.0. The average molecular weight is 802 g/mol. The number of primary amides is 1. The number of nitrogens with one attached hydrogen (secondary N) is 4. The van der Waals surface area contributed by atoms with Gasteiger partial charge in [-0.05, 0) is 118 Å². The first-order chi connectivity index (χ1) is 28.6. The van der Waals surface area contributed by atoms with Crippen LogP contribution < -0.4 is 26.4 Å². The van der Waals surface area contributed by atoms with Gasteiger partial charge in [0.1, 0.15) is 28.7 Å². The number of rotatable bonds is 11. The fourth-order valence-corrected chi connectivity index (χ4v) is 9.37. The van der Waals surface area contributed by atoms with Crippen molar-refractivity contribution in [3.05, 3.63) is 94.9 Å². The highest BCUT2D eigenvalue weighted by Crippen LogP contribution is 2.36. The number of aromatic nitrogens is 1. The van der Waals surface area contributed by atoms with Crippen LogP contribution >= 0.6 is 0 Å². The van der Waals surface area contributed by atoms with Crippen LogP contribution in [-0.4, -0.2) is 107 Å². The first-order valence-corrected chi connectivity index (χ1v) is 21.1. The number of fused-ring (bicyclic) bond motifs is 1. The predicted octanol–water partition coefficient (Wildman–Crippen LogP) is 4.28. The molecule has 0 unspecified atom stereocenters. The summed E-state index contributed by atoms with van der Waals surface area (Å²) in [5.41, 5.74) is 8.10. The molecule has 310 valence electrons. The van der Waals surface area contributed by atoms with Gasteiger partial charge < -0.3 is 41.1 Å². The van der Waals surface area contributed by atoms with E-state index in [1.807, 2.05) is 46.2 Å². The quantitative estimate of drug-likeness (QED) is 0.140. The summed E-state index contributed by atoms with van der Waals surface area (Å²) in [6.07, 6.45) is 8.87. The molecule has 0 bridgehead atoms. The van der Waals surface area contributed by atoms with Crippen LogP contribution in [0.2, 0.25) is 0 Å². The van der Waals surface area contributed by atoms with Crippen molar-refractivity contribution in [2.45, 2.75) is 69.9 Å². The number of piperidine rings is 2. The highest BCUT2D eigenvalue weighted by molar-refractivity contribution is 6.26. The number of carbonyl (C=O) groups is 4. The third kappa shape index (κ3) is 9.12. The summed E-state index contributed by atoms with van der Waals surface area (Å²) in [7, 11) is 2.17. The second-order valence-electron chi connectivity index (χ2n) is 16.8. The molecule has 14 nitrogen and oxygen atoms in total.